The Hall–Kier alpha value is -2.13. The summed E-state index contributed by atoms with van der Waals surface area (Å²) in [5.74, 6) is -1.01. The van der Waals surface area contributed by atoms with Gasteiger partial charge in [0, 0.05) is 38.6 Å². The van der Waals surface area contributed by atoms with Gasteiger partial charge in [-0.05, 0) is 30.7 Å². The first-order valence-corrected chi connectivity index (χ1v) is 8.90. The number of rotatable bonds is 6. The molecule has 1 aromatic carbocycles. The van der Waals surface area contributed by atoms with E-state index in [1.54, 1.807) is 12.1 Å². The highest BCUT2D eigenvalue weighted by Crippen LogP contribution is 2.20. The van der Waals surface area contributed by atoms with Gasteiger partial charge < -0.3 is 19.5 Å². The lowest BCUT2D eigenvalue weighted by Crippen LogP contribution is -2.50. The number of methoxy groups -OCH3 is 1. The Bertz CT molecular complexity index is 693. The lowest BCUT2D eigenvalue weighted by Gasteiger charge is -2.34. The minimum atomic E-state index is -3.63. The highest BCUT2D eigenvalue weighted by atomic mass is 32.2. The quantitative estimate of drug-likeness (QED) is 0.652. The second kappa shape index (κ2) is 7.63. The number of aliphatic carboxylic acids is 1. The molecule has 132 valence electrons. The Morgan fingerprint density at radius 3 is 2.17 bits per heavy atom. The first kappa shape index (κ1) is 18.2. The molecule has 0 atom stereocenters. The van der Waals surface area contributed by atoms with Crippen molar-refractivity contribution in [2.75, 3.05) is 33.3 Å². The van der Waals surface area contributed by atoms with Gasteiger partial charge in [0.2, 0.25) is 15.9 Å². The number of carboxylic acids is 1. The van der Waals surface area contributed by atoms with Gasteiger partial charge in [0.1, 0.15) is 5.75 Å². The summed E-state index contributed by atoms with van der Waals surface area (Å²) >= 11 is 0. The standard InChI is InChI=1S/C15H20N2O6S/c1-23-12-2-4-13(5-3-12)24(21,22)17-10-8-16(9-11-17)14(18)6-7-15(19)20/h2-5H,6-11H2,1H3,(H,19,20)/p-1. The van der Waals surface area contributed by atoms with Crippen molar-refractivity contribution in [3.63, 3.8) is 0 Å². The summed E-state index contributed by atoms with van der Waals surface area (Å²) in [7, 11) is -2.13. The number of carbonyl (C=O) groups excluding carboxylic acids is 2. The summed E-state index contributed by atoms with van der Waals surface area (Å²) in [6.45, 7) is 0.819. The van der Waals surface area contributed by atoms with Crippen molar-refractivity contribution in [1.29, 1.82) is 0 Å². The lowest BCUT2D eigenvalue weighted by molar-refractivity contribution is -0.305. The van der Waals surface area contributed by atoms with E-state index in [9.17, 15) is 23.1 Å². The molecule has 8 nitrogen and oxygen atoms in total. The highest BCUT2D eigenvalue weighted by molar-refractivity contribution is 7.89. The van der Waals surface area contributed by atoms with Crippen LogP contribution < -0.4 is 9.84 Å². The Kier molecular flexibility index (Phi) is 5.79. The average molecular weight is 355 g/mol. The molecule has 0 spiro atoms. The van der Waals surface area contributed by atoms with Crippen LogP contribution in [0.3, 0.4) is 0 Å². The summed E-state index contributed by atoms with van der Waals surface area (Å²) in [6.07, 6.45) is -0.462. The zero-order valence-corrected chi connectivity index (χ0v) is 14.1. The van der Waals surface area contributed by atoms with Gasteiger partial charge in [-0.2, -0.15) is 4.31 Å². The van der Waals surface area contributed by atoms with Crippen LogP contribution in [0.25, 0.3) is 0 Å². The van der Waals surface area contributed by atoms with Crippen LogP contribution in [0.5, 0.6) is 5.75 Å². The van der Waals surface area contributed by atoms with Crippen molar-refractivity contribution < 1.29 is 27.9 Å². The number of amides is 1. The smallest absolute Gasteiger partial charge is 0.243 e. The minimum absolute atomic E-state index is 0.131. The molecule has 1 amide bonds. The summed E-state index contributed by atoms with van der Waals surface area (Å²) in [4.78, 5) is 23.9. The molecule has 1 aromatic rings. The van der Waals surface area contributed by atoms with Gasteiger partial charge in [-0.3, -0.25) is 4.79 Å². The Labute approximate surface area is 140 Å². The molecule has 0 aliphatic carbocycles. The van der Waals surface area contributed by atoms with E-state index in [0.29, 0.717) is 5.75 Å². The van der Waals surface area contributed by atoms with Crippen molar-refractivity contribution in [3.05, 3.63) is 24.3 Å². The van der Waals surface area contributed by atoms with Crippen LogP contribution in [-0.4, -0.2) is 62.8 Å². The molecule has 1 saturated heterocycles. The Morgan fingerprint density at radius 1 is 1.08 bits per heavy atom. The summed E-state index contributed by atoms with van der Waals surface area (Å²) < 4.78 is 31.5. The number of sulfonamides is 1. The van der Waals surface area contributed by atoms with Gasteiger partial charge in [-0.15, -0.1) is 0 Å². The molecular formula is C15H19N2O6S-. The van der Waals surface area contributed by atoms with E-state index in [1.165, 1.54) is 28.4 Å². The predicted octanol–water partition coefficient (Wildman–Crippen LogP) is -0.942. The number of carbonyl (C=O) groups is 2. The Balaban J connectivity index is 1.97. The SMILES string of the molecule is COc1ccc(S(=O)(=O)N2CCN(C(=O)CCC(=O)[O-])CC2)cc1. The topological polar surface area (TPSA) is 107 Å². The largest absolute Gasteiger partial charge is 0.550 e. The molecule has 9 heteroatoms. The van der Waals surface area contributed by atoms with E-state index in [-0.39, 0.29) is 49.8 Å². The number of ether oxygens (including phenoxy) is 1. The summed E-state index contributed by atoms with van der Waals surface area (Å²) in [5, 5.41) is 10.4. The second-order valence-electron chi connectivity index (χ2n) is 5.33. The monoisotopic (exact) mass is 355 g/mol. The zero-order chi connectivity index (χ0) is 17.7. The first-order valence-electron chi connectivity index (χ1n) is 7.46. The molecule has 0 bridgehead atoms. The van der Waals surface area contributed by atoms with E-state index >= 15 is 0 Å². The van der Waals surface area contributed by atoms with Crippen molar-refractivity contribution in [2.24, 2.45) is 0 Å². The number of benzene rings is 1. The number of hydrogen-bond acceptors (Lipinski definition) is 6. The molecule has 24 heavy (non-hydrogen) atoms. The van der Waals surface area contributed by atoms with E-state index < -0.39 is 16.0 Å². The van der Waals surface area contributed by atoms with Gasteiger partial charge in [0.15, 0.2) is 0 Å². The van der Waals surface area contributed by atoms with Gasteiger partial charge in [0.05, 0.1) is 12.0 Å². The van der Waals surface area contributed by atoms with Crippen LogP contribution in [0, 0.1) is 0 Å². The van der Waals surface area contributed by atoms with Gasteiger partial charge in [0.25, 0.3) is 0 Å². The van der Waals surface area contributed by atoms with E-state index in [4.69, 9.17) is 4.74 Å². The number of nitrogens with zero attached hydrogens (tertiary/aromatic N) is 2. The molecule has 0 unspecified atom stereocenters. The zero-order valence-electron chi connectivity index (χ0n) is 13.3. The fraction of sp³-hybridized carbons (Fsp3) is 0.467. The lowest BCUT2D eigenvalue weighted by atomic mass is 10.2. The second-order valence-corrected chi connectivity index (χ2v) is 7.27. The molecule has 0 radical (unpaired) electrons. The van der Waals surface area contributed by atoms with Crippen molar-refractivity contribution in [3.8, 4) is 5.75 Å². The third-order valence-corrected chi connectivity index (χ3v) is 5.74. The van der Waals surface area contributed by atoms with Gasteiger partial charge >= 0.3 is 0 Å². The van der Waals surface area contributed by atoms with E-state index in [1.807, 2.05) is 0 Å². The van der Waals surface area contributed by atoms with Crippen molar-refractivity contribution >= 4 is 21.9 Å². The maximum Gasteiger partial charge on any atom is 0.243 e. The van der Waals surface area contributed by atoms with Crippen LogP contribution in [0.2, 0.25) is 0 Å². The van der Waals surface area contributed by atoms with Crippen LogP contribution >= 0.6 is 0 Å². The maximum absolute atomic E-state index is 12.6. The fourth-order valence-corrected chi connectivity index (χ4v) is 3.86. The maximum atomic E-state index is 12.6. The van der Waals surface area contributed by atoms with Crippen LogP contribution in [0.15, 0.2) is 29.2 Å². The van der Waals surface area contributed by atoms with Crippen molar-refractivity contribution in [2.45, 2.75) is 17.7 Å². The fourth-order valence-electron chi connectivity index (χ4n) is 2.44. The molecule has 0 N–H and O–H groups in total. The Morgan fingerprint density at radius 2 is 1.67 bits per heavy atom. The number of carboxylic acid groups (broad SMARTS) is 1. The molecule has 0 saturated carbocycles. The van der Waals surface area contributed by atoms with E-state index in [0.717, 1.165) is 0 Å². The number of piperazine rings is 1. The molecule has 1 heterocycles. The van der Waals surface area contributed by atoms with Crippen molar-refractivity contribution in [1.82, 2.24) is 9.21 Å². The molecule has 0 aromatic heterocycles. The van der Waals surface area contributed by atoms with Crippen LogP contribution in [-0.2, 0) is 19.6 Å². The molecule has 1 fully saturated rings. The third kappa shape index (κ3) is 4.24. The third-order valence-electron chi connectivity index (χ3n) is 3.83. The van der Waals surface area contributed by atoms with Gasteiger partial charge in [-0.25, -0.2) is 8.42 Å². The average Bonchev–Trinajstić information content (AvgIpc) is 2.59. The molecular weight excluding hydrogens is 336 g/mol. The predicted molar refractivity (Wildman–Crippen MR) is 82.6 cm³/mol. The number of hydrogen-bond donors (Lipinski definition) is 0. The molecule has 1 aliphatic rings. The molecule has 2 rings (SSSR count). The summed E-state index contributed by atoms with van der Waals surface area (Å²) in [5.41, 5.74) is 0. The minimum Gasteiger partial charge on any atom is -0.550 e. The van der Waals surface area contributed by atoms with Crippen LogP contribution in [0.4, 0.5) is 0 Å². The normalized spacial score (nSPS) is 16.0. The van der Waals surface area contributed by atoms with E-state index in [2.05, 4.69) is 0 Å². The molecule has 1 aliphatic heterocycles. The highest BCUT2D eigenvalue weighted by Gasteiger charge is 2.29. The first-order chi connectivity index (χ1) is 11.3. The van der Waals surface area contributed by atoms with Gasteiger partial charge in [-0.1, -0.05) is 0 Å². The summed E-state index contributed by atoms with van der Waals surface area (Å²) in [6, 6.07) is 6.11. The van der Waals surface area contributed by atoms with Crippen LogP contribution in [0.1, 0.15) is 12.8 Å².